The number of ether oxygens (including phenoxy) is 1. The lowest BCUT2D eigenvalue weighted by Gasteiger charge is -2.16. The number of hydrogen-bond donors (Lipinski definition) is 3. The number of nitrogens with one attached hydrogen (secondary N) is 2. The Hall–Kier alpha value is -2.79. The van der Waals surface area contributed by atoms with Gasteiger partial charge in [-0.05, 0) is 37.6 Å². The number of anilines is 1. The monoisotopic (exact) mass is 338 g/mol. The first-order chi connectivity index (χ1) is 12.1. The summed E-state index contributed by atoms with van der Waals surface area (Å²) in [4.78, 5) is 12.2. The van der Waals surface area contributed by atoms with E-state index in [-0.39, 0.29) is 24.6 Å². The van der Waals surface area contributed by atoms with Gasteiger partial charge in [0.05, 0.1) is 5.69 Å². The van der Waals surface area contributed by atoms with Crippen molar-refractivity contribution in [2.24, 2.45) is 5.92 Å². The van der Waals surface area contributed by atoms with Crippen molar-refractivity contribution in [2.45, 2.75) is 19.4 Å². The van der Waals surface area contributed by atoms with Gasteiger partial charge < -0.3 is 20.5 Å². The highest BCUT2D eigenvalue weighted by molar-refractivity contribution is 5.91. The molecule has 130 valence electrons. The molecule has 2 aromatic rings. The van der Waals surface area contributed by atoms with Crippen LogP contribution in [0.1, 0.15) is 12.0 Å². The van der Waals surface area contributed by atoms with Gasteiger partial charge in [0.25, 0.3) is 0 Å². The zero-order chi connectivity index (χ0) is 17.6. The van der Waals surface area contributed by atoms with Gasteiger partial charge in [-0.2, -0.15) is 0 Å². The molecule has 0 unspecified atom stereocenters. The van der Waals surface area contributed by atoms with Gasteiger partial charge in [0.1, 0.15) is 5.75 Å². The van der Waals surface area contributed by atoms with E-state index in [4.69, 9.17) is 9.84 Å². The van der Waals surface area contributed by atoms with Gasteiger partial charge in [-0.15, -0.1) is 0 Å². The molecular weight excluding hydrogens is 316 g/mol. The molecule has 0 fully saturated rings. The fraction of sp³-hybridized carbons (Fsp3) is 0.250. The fourth-order valence-electron chi connectivity index (χ4n) is 2.74. The lowest BCUT2D eigenvalue weighted by Crippen LogP contribution is -2.36. The maximum Gasteiger partial charge on any atom is 0.319 e. The Morgan fingerprint density at radius 2 is 1.92 bits per heavy atom. The fourth-order valence-corrected chi connectivity index (χ4v) is 2.74. The number of aryl methyl sites for hydroxylation is 1. The molecule has 0 saturated heterocycles. The van der Waals surface area contributed by atoms with E-state index < -0.39 is 0 Å². The largest absolute Gasteiger partial charge is 0.455 e. The first kappa shape index (κ1) is 17.0. The summed E-state index contributed by atoms with van der Waals surface area (Å²) in [5, 5.41) is 14.9. The molecule has 0 radical (unpaired) electrons. The second kappa shape index (κ2) is 7.85. The predicted molar refractivity (Wildman–Crippen MR) is 98.0 cm³/mol. The Morgan fingerprint density at radius 3 is 2.64 bits per heavy atom. The van der Waals surface area contributed by atoms with E-state index in [2.05, 4.69) is 10.6 Å². The minimum Gasteiger partial charge on any atom is -0.455 e. The number of carbonyl (C=O) groups excluding carboxylic acids is 1. The highest BCUT2D eigenvalue weighted by Gasteiger charge is 2.20. The van der Waals surface area contributed by atoms with Crippen molar-refractivity contribution in [1.82, 2.24) is 5.32 Å². The third-order valence-corrected chi connectivity index (χ3v) is 4.11. The third kappa shape index (κ3) is 4.61. The first-order valence-corrected chi connectivity index (χ1v) is 8.34. The summed E-state index contributed by atoms with van der Waals surface area (Å²) < 4.78 is 5.88. The van der Waals surface area contributed by atoms with E-state index in [1.54, 1.807) is 6.07 Å². The number of amides is 2. The van der Waals surface area contributed by atoms with Crippen LogP contribution in [-0.2, 0) is 0 Å². The number of aliphatic hydroxyl groups excluding tert-OH is 1. The highest BCUT2D eigenvalue weighted by Crippen LogP contribution is 2.29. The van der Waals surface area contributed by atoms with Crippen LogP contribution in [0.5, 0.6) is 11.5 Å². The molecule has 25 heavy (non-hydrogen) atoms. The summed E-state index contributed by atoms with van der Waals surface area (Å²) in [6, 6.07) is 14.7. The minimum absolute atomic E-state index is 0.0673. The van der Waals surface area contributed by atoms with E-state index >= 15 is 0 Å². The summed E-state index contributed by atoms with van der Waals surface area (Å²) in [6.07, 6.45) is 4.56. The second-order valence-corrected chi connectivity index (χ2v) is 6.18. The third-order valence-electron chi connectivity index (χ3n) is 4.11. The standard InChI is InChI=1S/C20H22N2O3/c1-14-6-10-17(11-7-14)25-19-5-3-2-4-18(19)22-20(24)21-16-9-8-15(12-16)13-23/h2-11,15-16,23H,12-13H2,1H3,(H2,21,22,24)/t15-,16+/m0/s1. The van der Waals surface area contributed by atoms with Crippen molar-refractivity contribution < 1.29 is 14.6 Å². The average molecular weight is 338 g/mol. The van der Waals surface area contributed by atoms with Crippen LogP contribution in [0.15, 0.2) is 60.7 Å². The van der Waals surface area contributed by atoms with Crippen LogP contribution in [-0.4, -0.2) is 23.8 Å². The maximum atomic E-state index is 12.2. The maximum absolute atomic E-state index is 12.2. The van der Waals surface area contributed by atoms with Crippen molar-refractivity contribution in [3.05, 3.63) is 66.2 Å². The van der Waals surface area contributed by atoms with Crippen molar-refractivity contribution in [1.29, 1.82) is 0 Å². The number of para-hydroxylation sites is 2. The van der Waals surface area contributed by atoms with Crippen molar-refractivity contribution in [3.63, 3.8) is 0 Å². The molecule has 1 aliphatic carbocycles. The second-order valence-electron chi connectivity index (χ2n) is 6.18. The molecule has 0 aromatic heterocycles. The number of rotatable bonds is 5. The lowest BCUT2D eigenvalue weighted by molar-refractivity contribution is 0.238. The molecule has 2 aromatic carbocycles. The van der Waals surface area contributed by atoms with E-state index in [9.17, 15) is 4.79 Å². The average Bonchev–Trinajstić information content (AvgIpc) is 3.06. The molecule has 2 amide bonds. The Kier molecular flexibility index (Phi) is 5.36. The van der Waals surface area contributed by atoms with Crippen LogP contribution in [0.3, 0.4) is 0 Å². The molecule has 0 heterocycles. The molecule has 0 bridgehead atoms. The van der Waals surface area contributed by atoms with Gasteiger partial charge in [0.2, 0.25) is 0 Å². The first-order valence-electron chi connectivity index (χ1n) is 8.34. The summed E-state index contributed by atoms with van der Waals surface area (Å²) >= 11 is 0. The van der Waals surface area contributed by atoms with Gasteiger partial charge in [0, 0.05) is 18.6 Å². The van der Waals surface area contributed by atoms with Gasteiger partial charge in [0.15, 0.2) is 5.75 Å². The zero-order valence-electron chi connectivity index (χ0n) is 14.1. The van der Waals surface area contributed by atoms with Crippen LogP contribution in [0.25, 0.3) is 0 Å². The van der Waals surface area contributed by atoms with Crippen LogP contribution in [0.2, 0.25) is 0 Å². The molecule has 5 heteroatoms. The Morgan fingerprint density at radius 1 is 1.16 bits per heavy atom. The van der Waals surface area contributed by atoms with E-state index in [1.807, 2.05) is 61.5 Å². The van der Waals surface area contributed by atoms with E-state index in [0.29, 0.717) is 23.6 Å². The number of carbonyl (C=O) groups is 1. The number of hydrogen-bond acceptors (Lipinski definition) is 3. The summed E-state index contributed by atoms with van der Waals surface area (Å²) in [7, 11) is 0. The molecule has 0 saturated carbocycles. The Labute approximate surface area is 147 Å². The van der Waals surface area contributed by atoms with Gasteiger partial charge in [-0.25, -0.2) is 4.79 Å². The van der Waals surface area contributed by atoms with Crippen LogP contribution in [0.4, 0.5) is 10.5 Å². The molecule has 1 aliphatic rings. The Bertz CT molecular complexity index is 756. The van der Waals surface area contributed by atoms with Crippen molar-refractivity contribution >= 4 is 11.7 Å². The summed E-state index contributed by atoms with van der Waals surface area (Å²) in [5.41, 5.74) is 1.75. The smallest absolute Gasteiger partial charge is 0.319 e. The number of aliphatic hydroxyl groups is 1. The van der Waals surface area contributed by atoms with Gasteiger partial charge in [-0.3, -0.25) is 0 Å². The lowest BCUT2D eigenvalue weighted by atomic mass is 10.1. The van der Waals surface area contributed by atoms with Crippen LogP contribution < -0.4 is 15.4 Å². The molecule has 2 atom stereocenters. The number of benzene rings is 2. The highest BCUT2D eigenvalue weighted by atomic mass is 16.5. The molecule has 3 N–H and O–H groups in total. The van der Waals surface area contributed by atoms with Crippen molar-refractivity contribution in [2.75, 3.05) is 11.9 Å². The van der Waals surface area contributed by atoms with Crippen molar-refractivity contribution in [3.8, 4) is 11.5 Å². The number of urea groups is 1. The predicted octanol–water partition coefficient (Wildman–Crippen LogP) is 3.85. The zero-order valence-corrected chi connectivity index (χ0v) is 14.1. The SMILES string of the molecule is Cc1ccc(Oc2ccccc2NC(=O)N[C@@H]2C=C[C@H](CO)C2)cc1. The quantitative estimate of drug-likeness (QED) is 0.725. The topological polar surface area (TPSA) is 70.6 Å². The minimum atomic E-state index is -0.298. The molecule has 5 nitrogen and oxygen atoms in total. The molecular formula is C20H22N2O3. The summed E-state index contributed by atoms with van der Waals surface area (Å²) in [5.74, 6) is 1.41. The molecule has 0 aliphatic heterocycles. The normalized spacial score (nSPS) is 18.8. The van der Waals surface area contributed by atoms with Gasteiger partial charge >= 0.3 is 6.03 Å². The van der Waals surface area contributed by atoms with Crippen LogP contribution >= 0.6 is 0 Å². The molecule has 0 spiro atoms. The molecule has 3 rings (SSSR count). The van der Waals surface area contributed by atoms with E-state index in [1.165, 1.54) is 0 Å². The Balaban J connectivity index is 1.63. The van der Waals surface area contributed by atoms with E-state index in [0.717, 1.165) is 5.56 Å². The van der Waals surface area contributed by atoms with Gasteiger partial charge in [-0.1, -0.05) is 42.0 Å². The summed E-state index contributed by atoms with van der Waals surface area (Å²) in [6.45, 7) is 2.12. The van der Waals surface area contributed by atoms with Crippen LogP contribution in [0, 0.1) is 12.8 Å².